The van der Waals surface area contributed by atoms with E-state index in [1.54, 1.807) is 0 Å². The number of hydrazine groups is 1. The van der Waals surface area contributed by atoms with Gasteiger partial charge >= 0.3 is 5.97 Å². The molecule has 7 heteroatoms. The highest BCUT2D eigenvalue weighted by molar-refractivity contribution is 5.75. The minimum Gasteiger partial charge on any atom is -0.412 e. The van der Waals surface area contributed by atoms with Gasteiger partial charge in [0.15, 0.2) is 0 Å². The van der Waals surface area contributed by atoms with Gasteiger partial charge in [-0.25, -0.2) is 10.6 Å². The summed E-state index contributed by atoms with van der Waals surface area (Å²) in [6.07, 6.45) is 0. The van der Waals surface area contributed by atoms with E-state index in [0.717, 1.165) is 6.92 Å². The summed E-state index contributed by atoms with van der Waals surface area (Å²) in [7, 11) is 0. The van der Waals surface area contributed by atoms with Gasteiger partial charge in [0, 0.05) is 6.92 Å². The van der Waals surface area contributed by atoms with Crippen LogP contribution in [0.2, 0.25) is 0 Å². The van der Waals surface area contributed by atoms with Crippen LogP contribution in [0.1, 0.15) is 14.4 Å². The zero-order valence-corrected chi connectivity index (χ0v) is 5.42. The molecule has 0 bridgehead atoms. The van der Waals surface area contributed by atoms with E-state index in [9.17, 15) is 4.79 Å². The lowest BCUT2D eigenvalue weighted by atomic mass is 10.8. The van der Waals surface area contributed by atoms with Crippen molar-refractivity contribution in [3.63, 3.8) is 0 Å². The Balaban J connectivity index is -0.000000320. The Kier molecular flexibility index (Phi) is 10.1. The van der Waals surface area contributed by atoms with Gasteiger partial charge in [0.25, 0.3) is 0 Å². The first-order chi connectivity index (χ1) is 4.04. The van der Waals surface area contributed by atoms with Crippen molar-refractivity contribution in [2.75, 3.05) is 0 Å². The van der Waals surface area contributed by atoms with Crippen molar-refractivity contribution < 1.29 is 15.1 Å². The van der Waals surface area contributed by atoms with Gasteiger partial charge in [0.2, 0.25) is 5.96 Å². The number of rotatable bonds is 0. The molecule has 0 heterocycles. The Hall–Kier alpha value is -1.34. The van der Waals surface area contributed by atoms with E-state index in [0.29, 0.717) is 5.17 Å². The lowest BCUT2D eigenvalue weighted by molar-refractivity contribution is -0.171. The summed E-state index contributed by atoms with van der Waals surface area (Å²) in [5, 5.41) is 6.97. The van der Waals surface area contributed by atoms with Crippen LogP contribution in [-0.2, 0) is 9.63 Å². The highest BCUT2D eigenvalue weighted by Crippen LogP contribution is 1.77. The number of carbonyl (C=O) groups excluding carboxylic acids is 1. The molecule has 0 saturated heterocycles. The topological polar surface area (TPSA) is 137 Å². The molecular weight excluding hydrogens is 152 g/mol. The smallest absolute Gasteiger partial charge is 0.331 e. The Morgan fingerprint density at radius 2 is 2.00 bits per heavy atom. The molecule has 11 heavy (non-hydrogen) atoms. The van der Waals surface area contributed by atoms with Gasteiger partial charge in [-0.2, -0.15) is 0 Å². The largest absolute Gasteiger partial charge is 0.412 e. The average molecular weight is 166 g/mol. The Morgan fingerprint density at radius 3 is 2.09 bits per heavy atom. The van der Waals surface area contributed by atoms with E-state index in [4.69, 9.17) is 17.0 Å². The van der Waals surface area contributed by atoms with Crippen LogP contribution in [0, 0.1) is 5.41 Å². The summed E-state index contributed by atoms with van der Waals surface area (Å²) in [6.45, 7) is 1.16. The second kappa shape index (κ2) is 6.78. The second-order valence-electron chi connectivity index (χ2n) is 1.29. The molecule has 7 N–H and O–H groups in total. The summed E-state index contributed by atoms with van der Waals surface area (Å²) >= 11 is 0. The summed E-state index contributed by atoms with van der Waals surface area (Å²) < 4.78 is 0. The van der Waals surface area contributed by atoms with Gasteiger partial charge in [0.1, 0.15) is 0 Å². The maximum atomic E-state index is 10.1. The number of hydroxylamine groups is 1. The minimum absolute atomic E-state index is 0. The molecule has 0 spiro atoms. The first kappa shape index (κ1) is 16.3. The molecule has 0 atom stereocenters. The summed E-state index contributed by atoms with van der Waals surface area (Å²) in [4.78, 5) is 14.2. The predicted molar refractivity (Wildman–Crippen MR) is 40.1 cm³/mol. The lowest BCUT2D eigenvalue weighted by Crippen LogP contribution is -2.42. The molecular formula is C4H14N4O3. The van der Waals surface area contributed by atoms with Crippen LogP contribution >= 0.6 is 0 Å². The molecule has 68 valence electrons. The minimum atomic E-state index is -0.618. The number of guanidine groups is 1. The number of nitrogens with two attached hydrogens (primary N) is 2. The van der Waals surface area contributed by atoms with Crippen molar-refractivity contribution in [3.8, 4) is 0 Å². The van der Waals surface area contributed by atoms with Gasteiger partial charge in [-0.1, -0.05) is 7.43 Å². The third-order valence-electron chi connectivity index (χ3n) is 0.464. The molecule has 0 amide bonds. The van der Waals surface area contributed by atoms with Crippen molar-refractivity contribution in [1.82, 2.24) is 5.17 Å². The monoisotopic (exact) mass is 166 g/mol. The van der Waals surface area contributed by atoms with E-state index < -0.39 is 11.9 Å². The number of carbonyl (C=O) groups is 1. The molecule has 0 radical (unpaired) electrons. The summed E-state index contributed by atoms with van der Waals surface area (Å²) in [5.74, 6) is 3.72. The molecule has 0 aromatic carbocycles. The van der Waals surface area contributed by atoms with E-state index in [2.05, 4.69) is 4.84 Å². The molecule has 0 aromatic heterocycles. The first-order valence-corrected chi connectivity index (χ1v) is 2.11. The highest BCUT2D eigenvalue weighted by Gasteiger charge is 2.02. The molecule has 0 aliphatic rings. The molecule has 7 nitrogen and oxygen atoms in total. The van der Waals surface area contributed by atoms with E-state index in [1.807, 2.05) is 0 Å². The summed E-state index contributed by atoms with van der Waals surface area (Å²) in [6, 6.07) is 0. The third-order valence-corrected chi connectivity index (χ3v) is 0.464. The molecule has 0 aromatic rings. The van der Waals surface area contributed by atoms with E-state index in [-0.39, 0.29) is 12.9 Å². The molecule has 0 fully saturated rings. The zero-order chi connectivity index (χ0) is 7.44. The van der Waals surface area contributed by atoms with Gasteiger partial charge in [-0.3, -0.25) is 5.41 Å². The van der Waals surface area contributed by atoms with Crippen LogP contribution in [0.4, 0.5) is 0 Å². The Bertz CT molecular complexity index is 137. The predicted octanol–water partition coefficient (Wildman–Crippen LogP) is -1.65. The van der Waals surface area contributed by atoms with Gasteiger partial charge in [0.05, 0.1) is 0 Å². The van der Waals surface area contributed by atoms with E-state index in [1.165, 1.54) is 0 Å². The zero-order valence-electron chi connectivity index (χ0n) is 5.42. The van der Waals surface area contributed by atoms with E-state index >= 15 is 0 Å². The van der Waals surface area contributed by atoms with Crippen molar-refractivity contribution >= 4 is 11.9 Å². The fourth-order valence-electron chi connectivity index (χ4n) is 0.188. The van der Waals surface area contributed by atoms with Gasteiger partial charge < -0.3 is 16.0 Å². The molecule has 0 aliphatic heterocycles. The van der Waals surface area contributed by atoms with Crippen LogP contribution in [0.5, 0.6) is 0 Å². The van der Waals surface area contributed by atoms with Crippen molar-refractivity contribution in [1.29, 1.82) is 5.41 Å². The maximum absolute atomic E-state index is 10.1. The SMILES string of the molecule is C.CC(=O)ON(N)C(=N)N.O. The fraction of sp³-hybridized carbons (Fsp3) is 0.500. The van der Waals surface area contributed by atoms with Crippen LogP contribution in [0.25, 0.3) is 0 Å². The van der Waals surface area contributed by atoms with Crippen molar-refractivity contribution in [2.24, 2.45) is 11.6 Å². The second-order valence-corrected chi connectivity index (χ2v) is 1.29. The van der Waals surface area contributed by atoms with Crippen LogP contribution in [-0.4, -0.2) is 22.6 Å². The van der Waals surface area contributed by atoms with Gasteiger partial charge in [-0.05, 0) is 0 Å². The molecule has 0 saturated carbocycles. The molecule has 0 aliphatic carbocycles. The first-order valence-electron chi connectivity index (χ1n) is 2.11. The normalized spacial score (nSPS) is 6.73. The Morgan fingerprint density at radius 1 is 1.64 bits per heavy atom. The van der Waals surface area contributed by atoms with Crippen LogP contribution < -0.4 is 11.6 Å². The van der Waals surface area contributed by atoms with Crippen LogP contribution in [0.3, 0.4) is 0 Å². The van der Waals surface area contributed by atoms with Gasteiger partial charge in [-0.15, -0.1) is 5.17 Å². The van der Waals surface area contributed by atoms with Crippen molar-refractivity contribution in [3.05, 3.63) is 0 Å². The lowest BCUT2D eigenvalue weighted by Gasteiger charge is -2.11. The number of hydrogen-bond acceptors (Lipinski definition) is 4. The Labute approximate surface area is 64.6 Å². The number of nitrogens with zero attached hydrogens (tertiary/aromatic N) is 1. The third kappa shape index (κ3) is 8.66. The van der Waals surface area contributed by atoms with Crippen LogP contribution in [0.15, 0.2) is 0 Å². The summed E-state index contributed by atoms with van der Waals surface area (Å²) in [5.41, 5.74) is 4.79. The quantitative estimate of drug-likeness (QED) is 0.171. The average Bonchev–Trinajstić information content (AvgIpc) is 1.63. The highest BCUT2D eigenvalue weighted by atomic mass is 16.7. The fourth-order valence-corrected chi connectivity index (χ4v) is 0.188. The molecule has 0 unspecified atom stereocenters. The number of hydrogen-bond donors (Lipinski definition) is 3. The standard InChI is InChI=1S/C3H8N4O2.CH4.H2O/c1-2(8)9-7(6)3(4)5;;/h6H2,1H3,(H3,4,5);1H4;1H2. The van der Waals surface area contributed by atoms with Crippen molar-refractivity contribution in [2.45, 2.75) is 14.4 Å². The maximum Gasteiger partial charge on any atom is 0.331 e. The molecule has 0 rings (SSSR count). The number of nitrogens with one attached hydrogen (secondary N) is 1.